The van der Waals surface area contributed by atoms with E-state index >= 15 is 0 Å². The average Bonchev–Trinajstić information content (AvgIpc) is 2.48. The van der Waals surface area contributed by atoms with Gasteiger partial charge >= 0.3 is 0 Å². The van der Waals surface area contributed by atoms with E-state index in [9.17, 15) is 10.1 Å². The minimum Gasteiger partial charge on any atom is -0.366 e. The van der Waals surface area contributed by atoms with Crippen LogP contribution < -0.4 is 10.2 Å². The minimum absolute atomic E-state index is 0.182. The van der Waals surface area contributed by atoms with E-state index in [0.29, 0.717) is 5.92 Å². The molecule has 0 aromatic heterocycles. The first-order valence-electron chi connectivity index (χ1n) is 7.51. The second-order valence-corrected chi connectivity index (χ2v) is 6.46. The molecular formula is C15H22BrN3O2. The lowest BCUT2D eigenvalue weighted by Gasteiger charge is -2.31. The Labute approximate surface area is 134 Å². The Morgan fingerprint density at radius 1 is 1.52 bits per heavy atom. The highest BCUT2D eigenvalue weighted by Gasteiger charge is 2.23. The maximum Gasteiger partial charge on any atom is 0.293 e. The standard InChI is InChI=1S/C15H22BrN3O2/c1-2-8-18(11-12-4-3-7-17-10-12)14-6-5-13(16)9-15(14)19(20)21/h5-6,9,12,17H,2-4,7-8,10-11H2,1H3. The van der Waals surface area contributed by atoms with E-state index in [1.165, 1.54) is 12.8 Å². The third kappa shape index (κ3) is 4.41. The summed E-state index contributed by atoms with van der Waals surface area (Å²) in [6.45, 7) is 5.92. The van der Waals surface area contributed by atoms with Crippen molar-refractivity contribution in [3.8, 4) is 0 Å². The Hall–Kier alpha value is -1.14. The lowest BCUT2D eigenvalue weighted by Crippen LogP contribution is -2.39. The maximum atomic E-state index is 11.3. The molecule has 6 heteroatoms. The number of nitrogens with zero attached hydrogens (tertiary/aromatic N) is 2. The van der Waals surface area contributed by atoms with Gasteiger partial charge in [-0.25, -0.2) is 0 Å². The van der Waals surface area contributed by atoms with Crippen molar-refractivity contribution in [1.82, 2.24) is 5.32 Å². The molecule has 1 saturated heterocycles. The van der Waals surface area contributed by atoms with Crippen LogP contribution in [0.2, 0.25) is 0 Å². The van der Waals surface area contributed by atoms with Crippen LogP contribution in [0.15, 0.2) is 22.7 Å². The number of halogens is 1. The average molecular weight is 356 g/mol. The molecule has 0 amide bonds. The van der Waals surface area contributed by atoms with Gasteiger partial charge in [0.15, 0.2) is 0 Å². The van der Waals surface area contributed by atoms with Crippen molar-refractivity contribution in [3.63, 3.8) is 0 Å². The van der Waals surface area contributed by atoms with Crippen LogP contribution in [0.1, 0.15) is 26.2 Å². The number of hydrogen-bond acceptors (Lipinski definition) is 4. The number of nitro groups is 1. The van der Waals surface area contributed by atoms with Gasteiger partial charge in [-0.15, -0.1) is 0 Å². The third-order valence-corrected chi connectivity index (χ3v) is 4.34. The first-order chi connectivity index (χ1) is 10.1. The van der Waals surface area contributed by atoms with Crippen molar-refractivity contribution >= 4 is 27.3 Å². The SMILES string of the molecule is CCCN(CC1CCCNC1)c1ccc(Br)cc1[N+](=O)[O-]. The van der Waals surface area contributed by atoms with Gasteiger partial charge in [0.2, 0.25) is 0 Å². The fraction of sp³-hybridized carbons (Fsp3) is 0.600. The summed E-state index contributed by atoms with van der Waals surface area (Å²) in [5.74, 6) is 0.563. The number of benzene rings is 1. The summed E-state index contributed by atoms with van der Waals surface area (Å²) in [4.78, 5) is 13.2. The Balaban J connectivity index is 2.22. The lowest BCUT2D eigenvalue weighted by molar-refractivity contribution is -0.384. The van der Waals surface area contributed by atoms with E-state index in [-0.39, 0.29) is 10.6 Å². The highest BCUT2D eigenvalue weighted by atomic mass is 79.9. The number of nitro benzene ring substituents is 1. The monoisotopic (exact) mass is 355 g/mol. The molecular weight excluding hydrogens is 334 g/mol. The molecule has 1 fully saturated rings. The minimum atomic E-state index is -0.290. The van der Waals surface area contributed by atoms with Crippen molar-refractivity contribution in [2.45, 2.75) is 26.2 Å². The summed E-state index contributed by atoms with van der Waals surface area (Å²) in [6, 6.07) is 5.33. The summed E-state index contributed by atoms with van der Waals surface area (Å²) < 4.78 is 0.744. The van der Waals surface area contributed by atoms with Crippen LogP contribution in [-0.2, 0) is 0 Å². The van der Waals surface area contributed by atoms with Crippen LogP contribution in [-0.4, -0.2) is 31.1 Å². The Morgan fingerprint density at radius 3 is 2.95 bits per heavy atom. The van der Waals surface area contributed by atoms with E-state index in [1.54, 1.807) is 6.07 Å². The molecule has 1 N–H and O–H groups in total. The Kier molecular flexibility index (Phi) is 5.99. The van der Waals surface area contributed by atoms with Gasteiger partial charge < -0.3 is 10.2 Å². The largest absolute Gasteiger partial charge is 0.366 e. The highest BCUT2D eigenvalue weighted by molar-refractivity contribution is 9.10. The van der Waals surface area contributed by atoms with Gasteiger partial charge in [-0.05, 0) is 50.4 Å². The zero-order valence-corrected chi connectivity index (χ0v) is 13.9. The second kappa shape index (κ2) is 7.75. The predicted molar refractivity (Wildman–Crippen MR) is 88.9 cm³/mol. The van der Waals surface area contributed by atoms with Gasteiger partial charge in [0.25, 0.3) is 5.69 Å². The molecule has 1 aromatic rings. The molecule has 116 valence electrons. The second-order valence-electron chi connectivity index (χ2n) is 5.55. The smallest absolute Gasteiger partial charge is 0.293 e. The highest BCUT2D eigenvalue weighted by Crippen LogP contribution is 2.32. The van der Waals surface area contributed by atoms with Gasteiger partial charge in [-0.1, -0.05) is 22.9 Å². The number of hydrogen-bond donors (Lipinski definition) is 1. The molecule has 0 spiro atoms. The van der Waals surface area contributed by atoms with Crippen molar-refractivity contribution in [2.75, 3.05) is 31.1 Å². The van der Waals surface area contributed by atoms with Crippen LogP contribution in [0.4, 0.5) is 11.4 Å². The molecule has 0 saturated carbocycles. The van der Waals surface area contributed by atoms with E-state index in [1.807, 2.05) is 12.1 Å². The number of piperidine rings is 1. The van der Waals surface area contributed by atoms with Crippen molar-refractivity contribution < 1.29 is 4.92 Å². The molecule has 21 heavy (non-hydrogen) atoms. The normalized spacial score (nSPS) is 18.5. The summed E-state index contributed by atoms with van der Waals surface area (Å²) >= 11 is 3.32. The molecule has 1 unspecified atom stereocenters. The topological polar surface area (TPSA) is 58.4 Å². The first-order valence-corrected chi connectivity index (χ1v) is 8.30. The van der Waals surface area contributed by atoms with Crippen molar-refractivity contribution in [3.05, 3.63) is 32.8 Å². The first kappa shape index (κ1) is 16.2. The maximum absolute atomic E-state index is 11.3. The number of anilines is 1. The fourth-order valence-corrected chi connectivity index (χ4v) is 3.23. The molecule has 1 heterocycles. The summed E-state index contributed by atoms with van der Waals surface area (Å²) in [5, 5.41) is 14.7. The van der Waals surface area contributed by atoms with Crippen LogP contribution in [0, 0.1) is 16.0 Å². The zero-order chi connectivity index (χ0) is 15.2. The molecule has 0 aliphatic carbocycles. The van der Waals surface area contributed by atoms with Crippen molar-refractivity contribution in [1.29, 1.82) is 0 Å². The molecule has 1 aromatic carbocycles. The predicted octanol–water partition coefficient (Wildman–Crippen LogP) is 3.57. The van der Waals surface area contributed by atoms with E-state index in [4.69, 9.17) is 0 Å². The summed E-state index contributed by atoms with van der Waals surface area (Å²) in [5.41, 5.74) is 0.914. The van der Waals surface area contributed by atoms with Gasteiger partial charge in [-0.3, -0.25) is 10.1 Å². The quantitative estimate of drug-likeness (QED) is 0.625. The molecule has 1 aliphatic rings. The molecule has 5 nitrogen and oxygen atoms in total. The van der Waals surface area contributed by atoms with E-state index in [2.05, 4.69) is 33.1 Å². The van der Waals surface area contributed by atoms with Crippen LogP contribution in [0.25, 0.3) is 0 Å². The molecule has 2 rings (SSSR count). The number of nitrogens with one attached hydrogen (secondary N) is 1. The Bertz CT molecular complexity index is 490. The molecule has 0 bridgehead atoms. The van der Waals surface area contributed by atoms with Gasteiger partial charge in [0, 0.05) is 23.6 Å². The van der Waals surface area contributed by atoms with Crippen LogP contribution >= 0.6 is 15.9 Å². The van der Waals surface area contributed by atoms with Gasteiger partial charge in [-0.2, -0.15) is 0 Å². The van der Waals surface area contributed by atoms with Gasteiger partial charge in [0.05, 0.1) is 4.92 Å². The molecule has 0 radical (unpaired) electrons. The molecule has 1 atom stereocenters. The lowest BCUT2D eigenvalue weighted by atomic mass is 9.98. The van der Waals surface area contributed by atoms with Gasteiger partial charge in [0.1, 0.15) is 5.69 Å². The fourth-order valence-electron chi connectivity index (χ4n) is 2.88. The zero-order valence-electron chi connectivity index (χ0n) is 12.3. The number of rotatable bonds is 6. The van der Waals surface area contributed by atoms with Crippen molar-refractivity contribution in [2.24, 2.45) is 5.92 Å². The Morgan fingerprint density at radius 2 is 2.33 bits per heavy atom. The van der Waals surface area contributed by atoms with Crippen LogP contribution in [0.3, 0.4) is 0 Å². The summed E-state index contributed by atoms with van der Waals surface area (Å²) in [7, 11) is 0. The van der Waals surface area contributed by atoms with E-state index < -0.39 is 0 Å². The third-order valence-electron chi connectivity index (χ3n) is 3.85. The summed E-state index contributed by atoms with van der Waals surface area (Å²) in [6.07, 6.45) is 3.36. The van der Waals surface area contributed by atoms with E-state index in [0.717, 1.165) is 42.8 Å². The van der Waals surface area contributed by atoms with Crippen LogP contribution in [0.5, 0.6) is 0 Å². The molecule has 1 aliphatic heterocycles.